The molecule has 2 aliphatic rings. The number of rotatable bonds is 6. The van der Waals surface area contributed by atoms with Gasteiger partial charge in [0.2, 0.25) is 5.91 Å². The predicted molar refractivity (Wildman–Crippen MR) is 120 cm³/mol. The Hall–Kier alpha value is -2.75. The molecule has 172 valence electrons. The molecule has 0 spiro atoms. The van der Waals surface area contributed by atoms with E-state index in [0.29, 0.717) is 13.0 Å². The minimum atomic E-state index is -3.49. The molecule has 1 amide bonds. The molecular weight excluding hydrogens is 433 g/mol. The molecule has 0 radical (unpaired) electrons. The molecule has 8 nitrogen and oxygen atoms in total. The highest BCUT2D eigenvalue weighted by Crippen LogP contribution is 2.27. The van der Waals surface area contributed by atoms with Crippen molar-refractivity contribution in [3.8, 4) is 0 Å². The molecule has 4 rings (SSSR count). The first-order valence-electron chi connectivity index (χ1n) is 10.9. The topological polar surface area (TPSA) is 95.5 Å². The molecule has 3 heterocycles. The Balaban J connectivity index is 1.35. The van der Waals surface area contributed by atoms with Crippen LogP contribution >= 0.6 is 0 Å². The summed E-state index contributed by atoms with van der Waals surface area (Å²) in [5.74, 6) is 0.113. The zero-order valence-electron chi connectivity index (χ0n) is 18.3. The number of hydrogen-bond acceptors (Lipinski definition) is 7. The Kier molecular flexibility index (Phi) is 6.32. The number of nitrogens with zero attached hydrogens (tertiary/aromatic N) is 4. The van der Waals surface area contributed by atoms with Gasteiger partial charge < -0.3 is 15.1 Å². The van der Waals surface area contributed by atoms with Crippen LogP contribution in [-0.2, 0) is 21.1 Å². The third-order valence-electron chi connectivity index (χ3n) is 6.22. The fraction of sp³-hybridized carbons (Fsp3) is 0.500. The molecule has 1 aromatic carbocycles. The van der Waals surface area contributed by atoms with Crippen LogP contribution in [0.2, 0.25) is 0 Å². The molecule has 1 N–H and O–H groups in total. The van der Waals surface area contributed by atoms with Crippen LogP contribution in [0.25, 0.3) is 0 Å². The van der Waals surface area contributed by atoms with Crippen molar-refractivity contribution in [2.24, 2.45) is 0 Å². The van der Waals surface area contributed by atoms with Gasteiger partial charge in [-0.1, -0.05) is 6.92 Å². The number of anilines is 2. The summed E-state index contributed by atoms with van der Waals surface area (Å²) >= 11 is 0. The summed E-state index contributed by atoms with van der Waals surface area (Å²) in [5.41, 5.74) is 1.14. The zero-order chi connectivity index (χ0) is 22.9. The first-order chi connectivity index (χ1) is 15.3. The van der Waals surface area contributed by atoms with Crippen LogP contribution in [-0.4, -0.2) is 67.2 Å². The second kappa shape index (κ2) is 9.01. The first kappa shape index (κ1) is 22.4. The number of halogens is 1. The summed E-state index contributed by atoms with van der Waals surface area (Å²) in [5, 5.41) is 2.96. The Morgan fingerprint density at radius 1 is 1.12 bits per heavy atom. The normalized spacial score (nSPS) is 20.1. The molecule has 2 fully saturated rings. The van der Waals surface area contributed by atoms with Crippen molar-refractivity contribution in [1.82, 2.24) is 14.9 Å². The first-order valence-corrected chi connectivity index (χ1v) is 12.8. The molecule has 32 heavy (non-hydrogen) atoms. The molecule has 2 aliphatic heterocycles. The smallest absolute Gasteiger partial charge is 0.245 e. The van der Waals surface area contributed by atoms with Crippen LogP contribution in [0.1, 0.15) is 32.0 Å². The fourth-order valence-electron chi connectivity index (χ4n) is 4.36. The van der Waals surface area contributed by atoms with Crippen molar-refractivity contribution in [3.05, 3.63) is 42.2 Å². The Morgan fingerprint density at radius 2 is 1.81 bits per heavy atom. The van der Waals surface area contributed by atoms with Crippen LogP contribution in [0.3, 0.4) is 0 Å². The predicted octanol–water partition coefficient (Wildman–Crippen LogP) is 2.26. The SMILES string of the molecule is CCc1ncc(N2CCC(N3CCC(Nc4ccc(S(C)(=O)=O)cc4F)C3=O)CC2)cn1. The number of hydrogen-bond donors (Lipinski definition) is 1. The van der Waals surface area contributed by atoms with E-state index in [1.807, 2.05) is 24.2 Å². The van der Waals surface area contributed by atoms with Gasteiger partial charge in [-0.25, -0.2) is 22.8 Å². The number of benzene rings is 1. The zero-order valence-corrected chi connectivity index (χ0v) is 19.1. The number of carbonyl (C=O) groups excluding carboxylic acids is 1. The van der Waals surface area contributed by atoms with E-state index >= 15 is 0 Å². The van der Waals surface area contributed by atoms with E-state index in [1.54, 1.807) is 0 Å². The maximum atomic E-state index is 14.4. The van der Waals surface area contributed by atoms with Gasteiger partial charge in [0.15, 0.2) is 9.84 Å². The van der Waals surface area contributed by atoms with Gasteiger partial charge in [-0.3, -0.25) is 4.79 Å². The molecule has 1 aromatic heterocycles. The summed E-state index contributed by atoms with van der Waals surface area (Å²) in [4.78, 5) is 25.8. The van der Waals surface area contributed by atoms with Crippen LogP contribution in [0.5, 0.6) is 0 Å². The number of carbonyl (C=O) groups is 1. The quantitative estimate of drug-likeness (QED) is 0.705. The van der Waals surface area contributed by atoms with Crippen molar-refractivity contribution >= 4 is 27.1 Å². The molecule has 0 bridgehead atoms. The second-order valence-electron chi connectivity index (χ2n) is 8.36. The summed E-state index contributed by atoms with van der Waals surface area (Å²) in [6.45, 7) is 4.29. The lowest BCUT2D eigenvalue weighted by molar-refractivity contribution is -0.130. The minimum Gasteiger partial charge on any atom is -0.371 e. The van der Waals surface area contributed by atoms with Crippen LogP contribution < -0.4 is 10.2 Å². The maximum Gasteiger partial charge on any atom is 0.245 e. The Labute approximate surface area is 187 Å². The third-order valence-corrected chi connectivity index (χ3v) is 7.33. The largest absolute Gasteiger partial charge is 0.371 e. The highest BCUT2D eigenvalue weighted by atomic mass is 32.2. The van der Waals surface area contributed by atoms with Crippen molar-refractivity contribution in [3.63, 3.8) is 0 Å². The summed E-state index contributed by atoms with van der Waals surface area (Å²) in [6.07, 6.45) is 7.84. The van der Waals surface area contributed by atoms with E-state index in [4.69, 9.17) is 0 Å². The van der Waals surface area contributed by atoms with E-state index < -0.39 is 21.7 Å². The number of amides is 1. The number of aromatic nitrogens is 2. The fourth-order valence-corrected chi connectivity index (χ4v) is 4.99. The second-order valence-corrected chi connectivity index (χ2v) is 10.4. The van der Waals surface area contributed by atoms with Crippen molar-refractivity contribution < 1.29 is 17.6 Å². The third kappa shape index (κ3) is 4.69. The highest BCUT2D eigenvalue weighted by molar-refractivity contribution is 7.90. The molecule has 2 aromatic rings. The highest BCUT2D eigenvalue weighted by Gasteiger charge is 2.37. The van der Waals surface area contributed by atoms with Crippen molar-refractivity contribution in [1.29, 1.82) is 0 Å². The molecule has 2 saturated heterocycles. The van der Waals surface area contributed by atoms with E-state index in [-0.39, 0.29) is 22.5 Å². The summed E-state index contributed by atoms with van der Waals surface area (Å²) in [7, 11) is -3.49. The number of nitrogens with one attached hydrogen (secondary N) is 1. The Morgan fingerprint density at radius 3 is 2.41 bits per heavy atom. The van der Waals surface area contributed by atoms with Crippen molar-refractivity contribution in [2.45, 2.75) is 49.6 Å². The van der Waals surface area contributed by atoms with Gasteiger partial charge in [-0.05, 0) is 37.5 Å². The average Bonchev–Trinajstić information content (AvgIpc) is 3.14. The van der Waals surface area contributed by atoms with E-state index in [9.17, 15) is 17.6 Å². The number of likely N-dealkylation sites (tertiary alicyclic amines) is 1. The molecule has 0 saturated carbocycles. The monoisotopic (exact) mass is 461 g/mol. The van der Waals surface area contributed by atoms with Gasteiger partial charge in [-0.15, -0.1) is 0 Å². The standard InChI is InChI=1S/C22H28FN5O3S/c1-3-21-24-13-16(14-25-21)27-9-6-15(7-10-27)28-11-8-20(22(28)29)26-19-5-4-17(12-18(19)23)32(2,30)31/h4-5,12-15,20,26H,3,6-11H2,1-2H3. The van der Waals surface area contributed by atoms with Crippen molar-refractivity contribution in [2.75, 3.05) is 36.1 Å². The Bertz CT molecular complexity index is 1090. The van der Waals surface area contributed by atoms with Gasteiger partial charge in [0, 0.05) is 38.4 Å². The number of piperidine rings is 1. The van der Waals surface area contributed by atoms with Crippen LogP contribution in [0, 0.1) is 5.82 Å². The van der Waals surface area contributed by atoms with Gasteiger partial charge >= 0.3 is 0 Å². The number of aryl methyl sites for hydroxylation is 1. The molecular formula is C22H28FN5O3S. The lowest BCUT2D eigenvalue weighted by atomic mass is 10.0. The van der Waals surface area contributed by atoms with E-state index in [2.05, 4.69) is 20.2 Å². The van der Waals surface area contributed by atoms with Gasteiger partial charge in [0.05, 0.1) is 28.7 Å². The molecule has 1 unspecified atom stereocenters. The van der Waals surface area contributed by atoms with E-state index in [0.717, 1.165) is 56.2 Å². The van der Waals surface area contributed by atoms with E-state index in [1.165, 1.54) is 12.1 Å². The maximum absolute atomic E-state index is 14.4. The molecule has 1 atom stereocenters. The minimum absolute atomic E-state index is 0.0364. The lowest BCUT2D eigenvalue weighted by Gasteiger charge is -2.37. The van der Waals surface area contributed by atoms with Crippen LogP contribution in [0.4, 0.5) is 15.8 Å². The average molecular weight is 462 g/mol. The van der Waals surface area contributed by atoms with Gasteiger partial charge in [-0.2, -0.15) is 0 Å². The van der Waals surface area contributed by atoms with Crippen LogP contribution in [0.15, 0.2) is 35.5 Å². The number of sulfone groups is 1. The summed E-state index contributed by atoms with van der Waals surface area (Å²) < 4.78 is 37.6. The van der Waals surface area contributed by atoms with Gasteiger partial charge in [0.25, 0.3) is 0 Å². The molecule has 10 heteroatoms. The summed E-state index contributed by atoms with van der Waals surface area (Å²) in [6, 6.07) is 3.36. The molecule has 0 aliphatic carbocycles. The lowest BCUT2D eigenvalue weighted by Crippen LogP contribution is -2.47. The van der Waals surface area contributed by atoms with Gasteiger partial charge in [0.1, 0.15) is 17.7 Å².